The van der Waals surface area contributed by atoms with Crippen molar-refractivity contribution >= 4 is 24.2 Å². The molecule has 3 N–H and O–H groups in total. The average molecular weight is 287 g/mol. The topological polar surface area (TPSA) is 69.6 Å². The van der Waals surface area contributed by atoms with Crippen molar-refractivity contribution in [3.05, 3.63) is 58.9 Å². The largest absolute Gasteiger partial charge is 0.491 e. The summed E-state index contributed by atoms with van der Waals surface area (Å²) < 4.78 is 14.1. The van der Waals surface area contributed by atoms with Gasteiger partial charge in [-0.25, -0.2) is 4.39 Å². The Morgan fingerprint density at radius 2 is 1.76 bits per heavy atom. The Bertz CT molecular complexity index is 668. The fraction of sp³-hybridized carbons (Fsp3) is 0.133. The highest BCUT2D eigenvalue weighted by atomic mass is 19.1. The van der Waals surface area contributed by atoms with E-state index >= 15 is 0 Å². The van der Waals surface area contributed by atoms with E-state index in [0.29, 0.717) is 5.69 Å². The van der Waals surface area contributed by atoms with Gasteiger partial charge in [0.25, 0.3) is 5.91 Å². The van der Waals surface area contributed by atoms with E-state index in [0.717, 1.165) is 11.1 Å². The first kappa shape index (κ1) is 15.2. The van der Waals surface area contributed by atoms with Gasteiger partial charge in [-0.2, -0.15) is 0 Å². The fourth-order valence-corrected chi connectivity index (χ4v) is 2.17. The number of rotatable bonds is 3. The molecule has 108 valence electrons. The van der Waals surface area contributed by atoms with Gasteiger partial charge in [0.1, 0.15) is 5.82 Å². The van der Waals surface area contributed by atoms with Gasteiger partial charge in [0.05, 0.1) is 5.56 Å². The number of carbonyl (C=O) groups is 1. The SMILES string of the molecule is Cc1cc(C)cc(NC(=O)c2cccc(B(O)O)c2F)c1. The summed E-state index contributed by atoms with van der Waals surface area (Å²) in [5.41, 5.74) is 1.95. The lowest BCUT2D eigenvalue weighted by Gasteiger charge is -2.10. The quantitative estimate of drug-likeness (QED) is 0.747. The lowest BCUT2D eigenvalue weighted by molar-refractivity contribution is 0.102. The molecule has 21 heavy (non-hydrogen) atoms. The number of hydrogen-bond acceptors (Lipinski definition) is 3. The van der Waals surface area contributed by atoms with Crippen molar-refractivity contribution in [2.24, 2.45) is 0 Å². The fourth-order valence-electron chi connectivity index (χ4n) is 2.17. The lowest BCUT2D eigenvalue weighted by atomic mass is 9.79. The molecule has 0 aromatic heterocycles. The van der Waals surface area contributed by atoms with Crippen molar-refractivity contribution < 1.29 is 19.2 Å². The van der Waals surface area contributed by atoms with Crippen molar-refractivity contribution in [2.75, 3.05) is 5.32 Å². The van der Waals surface area contributed by atoms with E-state index in [-0.39, 0.29) is 11.0 Å². The number of hydrogen-bond donors (Lipinski definition) is 3. The molecule has 0 fully saturated rings. The van der Waals surface area contributed by atoms with Crippen LogP contribution < -0.4 is 10.8 Å². The number of amides is 1. The van der Waals surface area contributed by atoms with Gasteiger partial charge in [-0.3, -0.25) is 4.79 Å². The minimum Gasteiger partial charge on any atom is -0.423 e. The predicted molar refractivity (Wildman–Crippen MR) is 80.1 cm³/mol. The molecule has 1 amide bonds. The van der Waals surface area contributed by atoms with Crippen LogP contribution in [0.1, 0.15) is 21.5 Å². The van der Waals surface area contributed by atoms with Crippen molar-refractivity contribution in [1.82, 2.24) is 0 Å². The molecule has 0 spiro atoms. The van der Waals surface area contributed by atoms with Crippen molar-refractivity contribution in [3.63, 3.8) is 0 Å². The predicted octanol–water partition coefficient (Wildman–Crippen LogP) is 1.37. The van der Waals surface area contributed by atoms with Crippen LogP contribution in [0.4, 0.5) is 10.1 Å². The third kappa shape index (κ3) is 3.48. The summed E-state index contributed by atoms with van der Waals surface area (Å²) in [6.07, 6.45) is 0. The van der Waals surface area contributed by atoms with Crippen LogP contribution in [0.25, 0.3) is 0 Å². The van der Waals surface area contributed by atoms with Crippen LogP contribution >= 0.6 is 0 Å². The number of aryl methyl sites for hydroxylation is 2. The summed E-state index contributed by atoms with van der Waals surface area (Å²) in [5, 5.41) is 20.7. The molecule has 0 heterocycles. The van der Waals surface area contributed by atoms with Gasteiger partial charge in [-0.1, -0.05) is 18.2 Å². The summed E-state index contributed by atoms with van der Waals surface area (Å²) in [6.45, 7) is 3.79. The second-order valence-electron chi connectivity index (χ2n) is 4.91. The molecule has 6 heteroatoms. The molecule has 0 aliphatic heterocycles. The van der Waals surface area contributed by atoms with Crippen molar-refractivity contribution in [1.29, 1.82) is 0 Å². The minimum absolute atomic E-state index is 0.236. The monoisotopic (exact) mass is 287 g/mol. The number of benzene rings is 2. The van der Waals surface area contributed by atoms with Crippen LogP contribution in [-0.2, 0) is 0 Å². The van der Waals surface area contributed by atoms with Gasteiger partial charge >= 0.3 is 7.12 Å². The average Bonchev–Trinajstić information content (AvgIpc) is 2.37. The van der Waals surface area contributed by atoms with E-state index in [1.54, 1.807) is 12.1 Å². The molecular formula is C15H15BFNO3. The smallest absolute Gasteiger partial charge is 0.423 e. The zero-order valence-electron chi connectivity index (χ0n) is 11.7. The zero-order chi connectivity index (χ0) is 15.6. The second-order valence-corrected chi connectivity index (χ2v) is 4.91. The second kappa shape index (κ2) is 6.07. The maximum absolute atomic E-state index is 14.1. The molecule has 4 nitrogen and oxygen atoms in total. The Balaban J connectivity index is 2.30. The molecular weight excluding hydrogens is 272 g/mol. The lowest BCUT2D eigenvalue weighted by Crippen LogP contribution is -2.34. The van der Waals surface area contributed by atoms with E-state index in [2.05, 4.69) is 5.32 Å². The van der Waals surface area contributed by atoms with E-state index in [9.17, 15) is 9.18 Å². The molecule has 2 aromatic carbocycles. The molecule has 0 radical (unpaired) electrons. The Hall–Kier alpha value is -2.18. The third-order valence-corrected chi connectivity index (χ3v) is 3.03. The van der Waals surface area contributed by atoms with Crippen molar-refractivity contribution in [2.45, 2.75) is 13.8 Å². The number of carbonyl (C=O) groups excluding carboxylic acids is 1. The molecule has 0 saturated heterocycles. The van der Waals surface area contributed by atoms with E-state index in [1.165, 1.54) is 18.2 Å². The maximum atomic E-state index is 14.1. The van der Waals surface area contributed by atoms with Crippen LogP contribution in [-0.4, -0.2) is 23.1 Å². The molecule has 2 aromatic rings. The number of anilines is 1. The minimum atomic E-state index is -1.96. The normalized spacial score (nSPS) is 10.3. The van der Waals surface area contributed by atoms with Crippen LogP contribution in [0, 0.1) is 19.7 Å². The number of nitrogens with one attached hydrogen (secondary N) is 1. The summed E-state index contributed by atoms with van der Waals surface area (Å²) in [6, 6.07) is 9.40. The van der Waals surface area contributed by atoms with Crippen LogP contribution in [0.3, 0.4) is 0 Å². The number of halogens is 1. The van der Waals surface area contributed by atoms with Gasteiger partial charge in [0.2, 0.25) is 0 Å². The van der Waals surface area contributed by atoms with Crippen LogP contribution in [0.15, 0.2) is 36.4 Å². The van der Waals surface area contributed by atoms with E-state index < -0.39 is 18.8 Å². The van der Waals surface area contributed by atoms with E-state index in [1.807, 2.05) is 19.9 Å². The third-order valence-electron chi connectivity index (χ3n) is 3.03. The highest BCUT2D eigenvalue weighted by molar-refractivity contribution is 6.58. The molecule has 0 atom stereocenters. The van der Waals surface area contributed by atoms with Gasteiger partial charge < -0.3 is 15.4 Å². The Morgan fingerprint density at radius 1 is 1.14 bits per heavy atom. The van der Waals surface area contributed by atoms with E-state index in [4.69, 9.17) is 10.0 Å². The molecule has 2 rings (SSSR count). The first-order chi connectivity index (χ1) is 9.88. The Labute approximate surface area is 122 Å². The summed E-state index contributed by atoms with van der Waals surface area (Å²) in [4.78, 5) is 12.1. The molecule has 0 bridgehead atoms. The maximum Gasteiger partial charge on any atom is 0.491 e. The van der Waals surface area contributed by atoms with Crippen molar-refractivity contribution in [3.8, 4) is 0 Å². The van der Waals surface area contributed by atoms with Gasteiger partial charge in [0, 0.05) is 11.2 Å². The molecule has 0 aliphatic rings. The highest BCUT2D eigenvalue weighted by Crippen LogP contribution is 2.15. The van der Waals surface area contributed by atoms with Crippen LogP contribution in [0.5, 0.6) is 0 Å². The van der Waals surface area contributed by atoms with Gasteiger partial charge in [-0.05, 0) is 43.2 Å². The summed E-state index contributed by atoms with van der Waals surface area (Å²) >= 11 is 0. The first-order valence-electron chi connectivity index (χ1n) is 6.42. The summed E-state index contributed by atoms with van der Waals surface area (Å²) in [7, 11) is -1.96. The molecule has 0 unspecified atom stereocenters. The zero-order valence-corrected chi connectivity index (χ0v) is 11.7. The van der Waals surface area contributed by atoms with Gasteiger partial charge in [0.15, 0.2) is 0 Å². The first-order valence-corrected chi connectivity index (χ1v) is 6.42. The molecule has 0 aliphatic carbocycles. The summed E-state index contributed by atoms with van der Waals surface area (Å²) in [5.74, 6) is -1.57. The highest BCUT2D eigenvalue weighted by Gasteiger charge is 2.21. The Morgan fingerprint density at radius 3 is 2.33 bits per heavy atom. The molecule has 0 saturated carbocycles. The Kier molecular flexibility index (Phi) is 4.40. The standard InChI is InChI=1S/C15H15BFNO3/c1-9-6-10(2)8-11(7-9)18-15(19)12-4-3-5-13(14(12)17)16(20)21/h3-8,20-21H,1-2H3,(H,18,19). The van der Waals surface area contributed by atoms with Crippen LogP contribution in [0.2, 0.25) is 0 Å². The van der Waals surface area contributed by atoms with Gasteiger partial charge in [-0.15, -0.1) is 0 Å².